The number of aromatic amines is 1. The van der Waals surface area contributed by atoms with E-state index in [9.17, 15) is 22.8 Å². The Hall–Kier alpha value is -3.55. The molecule has 164 valence electrons. The summed E-state index contributed by atoms with van der Waals surface area (Å²) in [5.74, 6) is -1.26. The van der Waals surface area contributed by atoms with E-state index in [0.29, 0.717) is 15.8 Å². The fraction of sp³-hybridized carbons (Fsp3) is 0.0556. The van der Waals surface area contributed by atoms with E-state index in [2.05, 4.69) is 20.3 Å². The van der Waals surface area contributed by atoms with Gasteiger partial charge in [-0.1, -0.05) is 11.6 Å². The fourth-order valence-corrected chi connectivity index (χ4v) is 5.24. The second-order valence-corrected chi connectivity index (χ2v) is 9.97. The van der Waals surface area contributed by atoms with E-state index >= 15 is 0 Å². The second kappa shape index (κ2) is 8.18. The maximum Gasteiger partial charge on any atom is 0.335 e. The Morgan fingerprint density at radius 2 is 1.88 bits per heavy atom. The summed E-state index contributed by atoms with van der Waals surface area (Å²) in [6.07, 6.45) is 2.02. The number of nitrogens with one attached hydrogen (secondary N) is 3. The molecule has 0 aliphatic carbocycles. The predicted octanol–water partition coefficient (Wildman–Crippen LogP) is 1.34. The van der Waals surface area contributed by atoms with Crippen molar-refractivity contribution in [2.75, 3.05) is 12.4 Å². The third kappa shape index (κ3) is 4.00. The van der Waals surface area contributed by atoms with Crippen LogP contribution in [0.3, 0.4) is 0 Å². The Bertz CT molecular complexity index is 1570. The highest BCUT2D eigenvalue weighted by Crippen LogP contribution is 2.25. The van der Waals surface area contributed by atoms with Gasteiger partial charge in [0.25, 0.3) is 21.5 Å². The molecule has 1 amide bonds. The standard InChI is InChI=1S/C18H13ClN6O5S2/c1-20-10-2-3-11-12(6-10)23-18(28)25(16(11)27)17-21-7-9(8-22-17)15(26)24-32(29,30)14-5-4-13(19)31-14/h2-8,20H,1H3,(H,23,28)(H,24,26). The van der Waals surface area contributed by atoms with Gasteiger partial charge in [0.2, 0.25) is 5.95 Å². The molecule has 0 aliphatic rings. The molecule has 0 bridgehead atoms. The van der Waals surface area contributed by atoms with Crippen LogP contribution in [0, 0.1) is 0 Å². The van der Waals surface area contributed by atoms with Gasteiger partial charge >= 0.3 is 5.69 Å². The molecule has 3 N–H and O–H groups in total. The largest absolute Gasteiger partial charge is 0.388 e. The summed E-state index contributed by atoms with van der Waals surface area (Å²) in [5.41, 5.74) is -0.579. The molecule has 1 aromatic carbocycles. The summed E-state index contributed by atoms with van der Waals surface area (Å²) in [6.45, 7) is 0. The number of hydrogen-bond donors (Lipinski definition) is 3. The number of thiophene rings is 1. The van der Waals surface area contributed by atoms with Gasteiger partial charge in [0.05, 0.1) is 20.8 Å². The van der Waals surface area contributed by atoms with Crippen molar-refractivity contribution in [2.24, 2.45) is 0 Å². The number of carbonyl (C=O) groups excluding carboxylic acids is 1. The fourth-order valence-electron chi connectivity index (χ4n) is 2.78. The minimum Gasteiger partial charge on any atom is -0.388 e. The average molecular weight is 493 g/mol. The van der Waals surface area contributed by atoms with E-state index < -0.39 is 27.2 Å². The number of carbonyl (C=O) groups is 1. The lowest BCUT2D eigenvalue weighted by molar-refractivity contribution is 0.0980. The third-order valence-electron chi connectivity index (χ3n) is 4.33. The predicted molar refractivity (Wildman–Crippen MR) is 119 cm³/mol. The molecular formula is C18H13ClN6O5S2. The monoisotopic (exact) mass is 492 g/mol. The van der Waals surface area contributed by atoms with Crippen LogP contribution in [-0.2, 0) is 10.0 Å². The van der Waals surface area contributed by atoms with Crippen LogP contribution in [0.5, 0.6) is 0 Å². The topological polar surface area (TPSA) is 156 Å². The minimum absolute atomic E-state index is 0.135. The van der Waals surface area contributed by atoms with E-state index in [1.807, 2.05) is 4.72 Å². The Balaban J connectivity index is 1.65. The first kappa shape index (κ1) is 21.7. The molecule has 11 nitrogen and oxygen atoms in total. The van der Waals surface area contributed by atoms with Gasteiger partial charge in [-0.15, -0.1) is 11.3 Å². The van der Waals surface area contributed by atoms with Gasteiger partial charge < -0.3 is 10.3 Å². The van der Waals surface area contributed by atoms with Crippen LogP contribution >= 0.6 is 22.9 Å². The number of fused-ring (bicyclic) bond motifs is 1. The van der Waals surface area contributed by atoms with E-state index in [4.69, 9.17) is 11.6 Å². The quantitative estimate of drug-likeness (QED) is 0.377. The van der Waals surface area contributed by atoms with Crippen molar-refractivity contribution in [3.8, 4) is 5.95 Å². The molecule has 4 rings (SSSR count). The van der Waals surface area contributed by atoms with Crippen LogP contribution in [0.15, 0.2) is 56.5 Å². The molecule has 0 atom stereocenters. The van der Waals surface area contributed by atoms with Gasteiger partial charge in [0.1, 0.15) is 4.21 Å². The Kier molecular flexibility index (Phi) is 5.54. The first-order valence-corrected chi connectivity index (χ1v) is 11.5. The molecule has 4 aromatic rings. The molecule has 0 fully saturated rings. The number of amides is 1. The van der Waals surface area contributed by atoms with E-state index in [-0.39, 0.29) is 25.4 Å². The zero-order chi connectivity index (χ0) is 23.0. The summed E-state index contributed by atoms with van der Waals surface area (Å²) >= 11 is 6.52. The lowest BCUT2D eigenvalue weighted by Crippen LogP contribution is -2.35. The zero-order valence-corrected chi connectivity index (χ0v) is 18.5. The number of sulfonamides is 1. The lowest BCUT2D eigenvalue weighted by Gasteiger charge is -2.07. The summed E-state index contributed by atoms with van der Waals surface area (Å²) in [5, 5.41) is 3.14. The summed E-state index contributed by atoms with van der Waals surface area (Å²) in [6, 6.07) is 7.47. The Morgan fingerprint density at radius 3 is 2.50 bits per heavy atom. The first-order valence-electron chi connectivity index (χ1n) is 8.81. The van der Waals surface area contributed by atoms with Gasteiger partial charge in [-0.05, 0) is 30.3 Å². The van der Waals surface area contributed by atoms with Crippen molar-refractivity contribution in [1.29, 1.82) is 0 Å². The van der Waals surface area contributed by atoms with Crippen molar-refractivity contribution >= 4 is 55.5 Å². The van der Waals surface area contributed by atoms with Crippen LogP contribution in [0.25, 0.3) is 16.9 Å². The van der Waals surface area contributed by atoms with Gasteiger partial charge in [-0.25, -0.2) is 27.9 Å². The molecule has 0 radical (unpaired) electrons. The van der Waals surface area contributed by atoms with Crippen LogP contribution in [0.4, 0.5) is 5.69 Å². The number of H-pyrrole nitrogens is 1. The summed E-state index contributed by atoms with van der Waals surface area (Å²) in [4.78, 5) is 47.9. The minimum atomic E-state index is -4.13. The zero-order valence-electron chi connectivity index (χ0n) is 16.1. The molecule has 0 spiro atoms. The van der Waals surface area contributed by atoms with Crippen LogP contribution in [0.2, 0.25) is 4.34 Å². The molecule has 3 aromatic heterocycles. The van der Waals surface area contributed by atoms with Crippen molar-refractivity contribution in [3.05, 3.63) is 73.5 Å². The van der Waals surface area contributed by atoms with Crippen LogP contribution in [-0.4, -0.2) is 40.9 Å². The molecule has 0 saturated carbocycles. The molecule has 3 heterocycles. The van der Waals surface area contributed by atoms with Gasteiger partial charge in [-0.3, -0.25) is 9.59 Å². The highest BCUT2D eigenvalue weighted by Gasteiger charge is 2.21. The third-order valence-corrected chi connectivity index (χ3v) is 7.38. The van der Waals surface area contributed by atoms with Crippen molar-refractivity contribution < 1.29 is 13.2 Å². The average Bonchev–Trinajstić information content (AvgIpc) is 3.21. The smallest absolute Gasteiger partial charge is 0.335 e. The second-order valence-electron chi connectivity index (χ2n) is 6.35. The molecule has 32 heavy (non-hydrogen) atoms. The number of aromatic nitrogens is 4. The SMILES string of the molecule is CNc1ccc2c(=O)n(-c3ncc(C(=O)NS(=O)(=O)c4ccc(Cl)s4)cn3)c(=O)[nH]c2c1. The molecule has 0 aliphatic heterocycles. The van der Waals surface area contributed by atoms with Crippen molar-refractivity contribution in [1.82, 2.24) is 24.2 Å². The molecule has 0 unspecified atom stereocenters. The number of hydrogen-bond acceptors (Lipinski definition) is 9. The van der Waals surface area contributed by atoms with Crippen LogP contribution in [0.1, 0.15) is 10.4 Å². The van der Waals surface area contributed by atoms with E-state index in [1.54, 1.807) is 25.2 Å². The number of rotatable bonds is 5. The van der Waals surface area contributed by atoms with Gasteiger partial charge in [0, 0.05) is 25.1 Å². The number of anilines is 1. The van der Waals surface area contributed by atoms with Crippen LogP contribution < -0.4 is 21.3 Å². The highest BCUT2D eigenvalue weighted by molar-refractivity contribution is 7.92. The summed E-state index contributed by atoms with van der Waals surface area (Å²) in [7, 11) is -2.43. The van der Waals surface area contributed by atoms with E-state index in [0.717, 1.165) is 23.7 Å². The lowest BCUT2D eigenvalue weighted by atomic mass is 10.2. The normalized spacial score (nSPS) is 11.4. The van der Waals surface area contributed by atoms with E-state index in [1.165, 1.54) is 12.1 Å². The molecule has 14 heteroatoms. The Morgan fingerprint density at radius 1 is 1.16 bits per heavy atom. The number of nitrogens with zero attached hydrogens (tertiary/aromatic N) is 3. The van der Waals surface area contributed by atoms with Gasteiger partial charge in [0.15, 0.2) is 0 Å². The Labute approximate surface area is 188 Å². The highest BCUT2D eigenvalue weighted by atomic mass is 35.5. The first-order chi connectivity index (χ1) is 15.2. The van der Waals surface area contributed by atoms with Crippen molar-refractivity contribution in [2.45, 2.75) is 4.21 Å². The number of halogens is 1. The maximum absolute atomic E-state index is 12.8. The summed E-state index contributed by atoms with van der Waals surface area (Å²) < 4.78 is 27.2. The number of benzene rings is 1. The van der Waals surface area contributed by atoms with Gasteiger partial charge in [-0.2, -0.15) is 4.57 Å². The molecule has 0 saturated heterocycles. The maximum atomic E-state index is 12.8. The van der Waals surface area contributed by atoms with Crippen molar-refractivity contribution in [3.63, 3.8) is 0 Å². The molecular weight excluding hydrogens is 480 g/mol.